The molecule has 0 aliphatic rings. The molecular weight excluding hydrogens is 240 g/mol. The van der Waals surface area contributed by atoms with Gasteiger partial charge in [0.25, 0.3) is 5.56 Å². The van der Waals surface area contributed by atoms with Gasteiger partial charge in [-0.2, -0.15) is 5.10 Å². The number of aryl methyl sites for hydroxylation is 1. The fourth-order valence-electron chi connectivity index (χ4n) is 1.40. The van der Waals surface area contributed by atoms with Crippen LogP contribution in [0.15, 0.2) is 11.0 Å². The summed E-state index contributed by atoms with van der Waals surface area (Å²) in [6.45, 7) is 7.04. The van der Waals surface area contributed by atoms with Crippen molar-refractivity contribution in [3.8, 4) is 0 Å². The Kier molecular flexibility index (Phi) is 6.00. The molecule has 5 nitrogen and oxygen atoms in total. The Labute approximate surface area is 106 Å². The third kappa shape index (κ3) is 4.02. The van der Waals surface area contributed by atoms with Gasteiger partial charge in [-0.05, 0) is 19.9 Å². The molecule has 1 aromatic rings. The number of nitrogens with one attached hydrogen (secondary N) is 2. The molecule has 0 amide bonds. The highest BCUT2D eigenvalue weighted by molar-refractivity contribution is 6.32. The fraction of sp³-hybridized carbons (Fsp3) is 0.636. The van der Waals surface area contributed by atoms with E-state index < -0.39 is 0 Å². The van der Waals surface area contributed by atoms with E-state index in [0.717, 1.165) is 26.1 Å². The lowest BCUT2D eigenvalue weighted by atomic mass is 10.4. The van der Waals surface area contributed by atoms with Crippen LogP contribution in [-0.2, 0) is 6.54 Å². The predicted octanol–water partition coefficient (Wildman–Crippen LogP) is 1.33. The summed E-state index contributed by atoms with van der Waals surface area (Å²) in [6, 6.07) is 0. The lowest BCUT2D eigenvalue weighted by molar-refractivity contribution is 0.616. The largest absolute Gasteiger partial charge is 0.381 e. The van der Waals surface area contributed by atoms with Crippen LogP contribution in [0.1, 0.15) is 20.3 Å². The summed E-state index contributed by atoms with van der Waals surface area (Å²) in [7, 11) is 0. The molecule has 0 atom stereocenters. The zero-order chi connectivity index (χ0) is 12.7. The van der Waals surface area contributed by atoms with Gasteiger partial charge in [-0.3, -0.25) is 4.79 Å². The maximum absolute atomic E-state index is 11.7. The number of rotatable bonds is 7. The smallest absolute Gasteiger partial charge is 0.287 e. The van der Waals surface area contributed by atoms with Crippen LogP contribution in [0.5, 0.6) is 0 Å². The van der Waals surface area contributed by atoms with E-state index >= 15 is 0 Å². The Morgan fingerprint density at radius 1 is 1.35 bits per heavy atom. The molecule has 0 aromatic carbocycles. The van der Waals surface area contributed by atoms with E-state index in [4.69, 9.17) is 11.6 Å². The van der Waals surface area contributed by atoms with Crippen molar-refractivity contribution in [3.63, 3.8) is 0 Å². The van der Waals surface area contributed by atoms with E-state index in [0.29, 0.717) is 12.2 Å². The molecule has 96 valence electrons. The van der Waals surface area contributed by atoms with Crippen LogP contribution in [0.4, 0.5) is 5.69 Å². The number of nitrogens with zero attached hydrogens (tertiary/aromatic N) is 2. The molecule has 0 aliphatic carbocycles. The molecule has 1 aromatic heterocycles. The number of hydrogen-bond donors (Lipinski definition) is 2. The zero-order valence-corrected chi connectivity index (χ0v) is 11.0. The molecule has 0 aliphatic heterocycles. The molecular formula is C11H19ClN4O. The molecule has 0 spiro atoms. The third-order valence-electron chi connectivity index (χ3n) is 2.33. The van der Waals surface area contributed by atoms with Gasteiger partial charge < -0.3 is 10.6 Å². The average Bonchev–Trinajstić information content (AvgIpc) is 2.34. The average molecular weight is 259 g/mol. The van der Waals surface area contributed by atoms with Gasteiger partial charge in [-0.25, -0.2) is 4.68 Å². The maximum Gasteiger partial charge on any atom is 0.287 e. The molecule has 17 heavy (non-hydrogen) atoms. The first-order valence-corrected chi connectivity index (χ1v) is 6.28. The van der Waals surface area contributed by atoms with E-state index in [1.165, 1.54) is 4.68 Å². The highest BCUT2D eigenvalue weighted by Gasteiger charge is 2.07. The van der Waals surface area contributed by atoms with Gasteiger partial charge in [0.15, 0.2) is 0 Å². The Morgan fingerprint density at radius 2 is 2.12 bits per heavy atom. The molecule has 0 fully saturated rings. The molecule has 0 saturated heterocycles. The molecule has 0 bridgehead atoms. The minimum Gasteiger partial charge on any atom is -0.381 e. The Morgan fingerprint density at radius 3 is 2.76 bits per heavy atom. The van der Waals surface area contributed by atoms with Crippen molar-refractivity contribution in [1.82, 2.24) is 15.1 Å². The molecule has 6 heteroatoms. The van der Waals surface area contributed by atoms with Gasteiger partial charge in [0.05, 0.1) is 11.9 Å². The predicted molar refractivity (Wildman–Crippen MR) is 70.8 cm³/mol. The third-order valence-corrected chi connectivity index (χ3v) is 2.69. The summed E-state index contributed by atoms with van der Waals surface area (Å²) >= 11 is 5.96. The van der Waals surface area contributed by atoms with Crippen LogP contribution in [0.2, 0.25) is 5.02 Å². The van der Waals surface area contributed by atoms with Crippen molar-refractivity contribution in [3.05, 3.63) is 21.6 Å². The standard InChI is InChI=1S/C11H19ClN4O/c1-3-5-13-6-7-14-9-8-15-16(4-2)11(17)10(9)12/h8,13-14H,3-7H2,1-2H3. The summed E-state index contributed by atoms with van der Waals surface area (Å²) in [6.07, 6.45) is 2.70. The SMILES string of the molecule is CCCNCCNc1cnn(CC)c(=O)c1Cl. The van der Waals surface area contributed by atoms with Crippen molar-refractivity contribution in [1.29, 1.82) is 0 Å². The Bertz CT molecular complexity index is 405. The fourth-order valence-corrected chi connectivity index (χ4v) is 1.61. The first-order chi connectivity index (χ1) is 8.20. The second-order valence-corrected chi connectivity index (χ2v) is 4.05. The summed E-state index contributed by atoms with van der Waals surface area (Å²) < 4.78 is 1.34. The highest BCUT2D eigenvalue weighted by atomic mass is 35.5. The number of anilines is 1. The van der Waals surface area contributed by atoms with Crippen LogP contribution in [-0.4, -0.2) is 29.4 Å². The molecule has 0 unspecified atom stereocenters. The van der Waals surface area contributed by atoms with Crippen LogP contribution in [0.25, 0.3) is 0 Å². The van der Waals surface area contributed by atoms with Gasteiger partial charge >= 0.3 is 0 Å². The van der Waals surface area contributed by atoms with Gasteiger partial charge in [0, 0.05) is 19.6 Å². The second-order valence-electron chi connectivity index (χ2n) is 3.67. The molecule has 1 rings (SSSR count). The van der Waals surface area contributed by atoms with Gasteiger partial charge in [-0.15, -0.1) is 0 Å². The van der Waals surface area contributed by atoms with Crippen LogP contribution < -0.4 is 16.2 Å². The van der Waals surface area contributed by atoms with Crippen molar-refractivity contribution in [2.45, 2.75) is 26.8 Å². The second kappa shape index (κ2) is 7.29. The van der Waals surface area contributed by atoms with E-state index in [1.54, 1.807) is 6.20 Å². The first-order valence-electron chi connectivity index (χ1n) is 5.90. The zero-order valence-electron chi connectivity index (χ0n) is 10.3. The van der Waals surface area contributed by atoms with Crippen molar-refractivity contribution < 1.29 is 0 Å². The summed E-state index contributed by atoms with van der Waals surface area (Å²) in [5.41, 5.74) is 0.348. The Hall–Kier alpha value is -1.07. The van der Waals surface area contributed by atoms with Gasteiger partial charge in [-0.1, -0.05) is 18.5 Å². The monoisotopic (exact) mass is 258 g/mol. The molecule has 0 radical (unpaired) electrons. The summed E-state index contributed by atoms with van der Waals surface area (Å²) in [5.74, 6) is 0. The van der Waals surface area contributed by atoms with E-state index in [1.807, 2.05) is 6.92 Å². The highest BCUT2D eigenvalue weighted by Crippen LogP contribution is 2.14. The maximum atomic E-state index is 11.7. The normalized spacial score (nSPS) is 10.5. The van der Waals surface area contributed by atoms with Crippen molar-refractivity contribution in [2.75, 3.05) is 25.0 Å². The Balaban J connectivity index is 2.55. The minimum absolute atomic E-state index is 0.206. The molecule has 1 heterocycles. The van der Waals surface area contributed by atoms with Crippen molar-refractivity contribution in [2.24, 2.45) is 0 Å². The van der Waals surface area contributed by atoms with Gasteiger partial charge in [0.2, 0.25) is 0 Å². The van der Waals surface area contributed by atoms with Crippen LogP contribution in [0, 0.1) is 0 Å². The first kappa shape index (κ1) is 14.0. The summed E-state index contributed by atoms with van der Waals surface area (Å²) in [4.78, 5) is 11.7. The van der Waals surface area contributed by atoms with E-state index in [-0.39, 0.29) is 10.6 Å². The van der Waals surface area contributed by atoms with Crippen LogP contribution >= 0.6 is 11.6 Å². The van der Waals surface area contributed by atoms with Crippen molar-refractivity contribution >= 4 is 17.3 Å². The summed E-state index contributed by atoms with van der Waals surface area (Å²) in [5, 5.41) is 10.6. The van der Waals surface area contributed by atoms with E-state index in [9.17, 15) is 4.79 Å². The number of halogens is 1. The lowest BCUT2D eigenvalue weighted by Crippen LogP contribution is -2.26. The quantitative estimate of drug-likeness (QED) is 0.725. The van der Waals surface area contributed by atoms with Gasteiger partial charge in [0.1, 0.15) is 5.02 Å². The van der Waals surface area contributed by atoms with E-state index in [2.05, 4.69) is 22.7 Å². The topological polar surface area (TPSA) is 59.0 Å². The number of aromatic nitrogens is 2. The molecule has 2 N–H and O–H groups in total. The molecule has 0 saturated carbocycles. The number of hydrogen-bond acceptors (Lipinski definition) is 4. The van der Waals surface area contributed by atoms with Crippen LogP contribution in [0.3, 0.4) is 0 Å². The minimum atomic E-state index is -0.249. The lowest BCUT2D eigenvalue weighted by Gasteiger charge is -2.09.